The molecular formula is C51H32N4O2. The van der Waals surface area contributed by atoms with Crippen LogP contribution in [0.5, 0.6) is 0 Å². The van der Waals surface area contributed by atoms with Crippen LogP contribution in [0.3, 0.4) is 0 Å². The predicted molar refractivity (Wildman–Crippen MR) is 233 cm³/mol. The predicted octanol–water partition coefficient (Wildman–Crippen LogP) is 12.7. The molecule has 0 fully saturated rings. The van der Waals surface area contributed by atoms with Crippen LogP contribution < -0.4 is 5.32 Å². The average molecular weight is 733 g/mol. The highest BCUT2D eigenvalue weighted by molar-refractivity contribution is 6.15. The van der Waals surface area contributed by atoms with Crippen molar-refractivity contribution in [3.8, 4) is 16.8 Å². The van der Waals surface area contributed by atoms with Crippen molar-refractivity contribution < 1.29 is 8.83 Å². The van der Waals surface area contributed by atoms with Gasteiger partial charge in [-0.3, -0.25) is 0 Å². The second kappa shape index (κ2) is 12.4. The molecule has 268 valence electrons. The van der Waals surface area contributed by atoms with Crippen LogP contribution >= 0.6 is 0 Å². The molecule has 4 heterocycles. The maximum atomic E-state index is 6.94. The van der Waals surface area contributed by atoms with Gasteiger partial charge in [0.25, 0.3) is 0 Å². The van der Waals surface area contributed by atoms with Crippen molar-refractivity contribution in [2.24, 2.45) is 9.98 Å². The molecule has 8 aromatic carbocycles. The fourth-order valence-corrected chi connectivity index (χ4v) is 8.63. The third kappa shape index (κ3) is 4.97. The number of rotatable bonds is 5. The van der Waals surface area contributed by atoms with Crippen LogP contribution in [0.15, 0.2) is 201 Å². The van der Waals surface area contributed by atoms with E-state index in [1.807, 2.05) is 48.5 Å². The third-order valence-electron chi connectivity index (χ3n) is 11.3. The Bertz CT molecular complexity index is 3390. The number of para-hydroxylation sites is 4. The number of nitrogens with zero attached hydrogens (tertiary/aromatic N) is 3. The molecule has 0 bridgehead atoms. The molecule has 1 N–H and O–H groups in total. The summed E-state index contributed by atoms with van der Waals surface area (Å²) in [5.41, 5.74) is 11.7. The molecular weight excluding hydrogens is 701 g/mol. The maximum Gasteiger partial charge on any atom is 0.159 e. The van der Waals surface area contributed by atoms with E-state index in [2.05, 4.69) is 143 Å². The Labute approximate surface area is 326 Å². The minimum Gasteiger partial charge on any atom is -0.456 e. The number of aromatic nitrogens is 1. The summed E-state index contributed by atoms with van der Waals surface area (Å²) in [6, 6.07) is 63.2. The van der Waals surface area contributed by atoms with Gasteiger partial charge >= 0.3 is 0 Å². The Morgan fingerprint density at radius 1 is 0.456 bits per heavy atom. The van der Waals surface area contributed by atoms with E-state index in [0.717, 1.165) is 83.2 Å². The SMILES string of the molecule is c1ccc(C2=NC(c3cccc4c3oc3c(-c5ccc6oc7cc(-n8c9ccccc9c9ccccc98)ccc7c6c5)cccc34)NC(c3ccccc3)=N2)cc1. The van der Waals surface area contributed by atoms with Crippen molar-refractivity contribution in [1.29, 1.82) is 0 Å². The van der Waals surface area contributed by atoms with Crippen LogP contribution in [0.4, 0.5) is 0 Å². The van der Waals surface area contributed by atoms with Crippen molar-refractivity contribution in [2.75, 3.05) is 0 Å². The van der Waals surface area contributed by atoms with E-state index >= 15 is 0 Å². The third-order valence-corrected chi connectivity index (χ3v) is 11.3. The first-order valence-corrected chi connectivity index (χ1v) is 19.2. The maximum absolute atomic E-state index is 6.94. The lowest BCUT2D eigenvalue weighted by Crippen LogP contribution is -2.33. The Morgan fingerprint density at radius 2 is 1.12 bits per heavy atom. The molecule has 0 saturated heterocycles. The molecule has 1 aliphatic rings. The summed E-state index contributed by atoms with van der Waals surface area (Å²) < 4.78 is 15.8. The Balaban J connectivity index is 0.970. The lowest BCUT2D eigenvalue weighted by Gasteiger charge is -2.23. The molecule has 57 heavy (non-hydrogen) atoms. The van der Waals surface area contributed by atoms with Crippen LogP contribution in [0, 0.1) is 0 Å². The van der Waals surface area contributed by atoms with E-state index < -0.39 is 6.17 Å². The van der Waals surface area contributed by atoms with Gasteiger partial charge in [-0.05, 0) is 42.0 Å². The molecule has 3 aromatic heterocycles. The first-order chi connectivity index (χ1) is 28.2. The molecule has 11 aromatic rings. The number of hydrogen-bond donors (Lipinski definition) is 1. The van der Waals surface area contributed by atoms with Gasteiger partial charge in [-0.25, -0.2) is 9.98 Å². The van der Waals surface area contributed by atoms with Crippen LogP contribution in [0.25, 0.3) is 82.5 Å². The first-order valence-electron chi connectivity index (χ1n) is 19.2. The Hall–Kier alpha value is -7.70. The summed E-state index contributed by atoms with van der Waals surface area (Å²) in [6.45, 7) is 0. The van der Waals surface area contributed by atoms with Crippen LogP contribution in [-0.2, 0) is 0 Å². The van der Waals surface area contributed by atoms with Crippen LogP contribution in [-0.4, -0.2) is 16.2 Å². The minimum absolute atomic E-state index is 0.415. The van der Waals surface area contributed by atoms with Crippen molar-refractivity contribution >= 4 is 77.4 Å². The Morgan fingerprint density at radius 3 is 1.89 bits per heavy atom. The molecule has 0 radical (unpaired) electrons. The summed E-state index contributed by atoms with van der Waals surface area (Å²) in [6.07, 6.45) is -0.415. The number of nitrogens with one attached hydrogen (secondary N) is 1. The number of aliphatic imine (C=N–C) groups is 2. The van der Waals surface area contributed by atoms with E-state index in [9.17, 15) is 0 Å². The number of benzene rings is 8. The van der Waals surface area contributed by atoms with Gasteiger partial charge in [0.15, 0.2) is 12.0 Å². The molecule has 0 saturated carbocycles. The van der Waals surface area contributed by atoms with E-state index in [4.69, 9.17) is 18.8 Å². The summed E-state index contributed by atoms with van der Waals surface area (Å²) >= 11 is 0. The lowest BCUT2D eigenvalue weighted by molar-refractivity contribution is 0.629. The average Bonchev–Trinajstić information content (AvgIpc) is 3.96. The monoisotopic (exact) mass is 732 g/mol. The highest BCUT2D eigenvalue weighted by Crippen LogP contribution is 2.41. The van der Waals surface area contributed by atoms with Gasteiger partial charge in [-0.15, -0.1) is 0 Å². The molecule has 6 nitrogen and oxygen atoms in total. The molecule has 1 atom stereocenters. The summed E-state index contributed by atoms with van der Waals surface area (Å²) in [4.78, 5) is 10.1. The van der Waals surface area contributed by atoms with Gasteiger partial charge in [0.1, 0.15) is 28.2 Å². The lowest BCUT2D eigenvalue weighted by atomic mass is 9.99. The standard InChI is InChI=1S/C51H32N4O2/c1-3-13-31(14-4-1)49-52-50(32-15-5-2-6-16-32)54-51(53-49)41-22-12-21-40-39-20-11-19-35(47(39)57-48(40)41)33-25-28-45-42(29-33)38-27-26-34(30-46(38)56-45)55-43-23-9-7-17-36(43)37-18-8-10-24-44(37)55/h1-30,51H,(H,52,53,54). The summed E-state index contributed by atoms with van der Waals surface area (Å²) in [7, 11) is 0. The van der Waals surface area contributed by atoms with Crippen molar-refractivity contribution in [1.82, 2.24) is 9.88 Å². The molecule has 0 amide bonds. The van der Waals surface area contributed by atoms with Crippen molar-refractivity contribution in [2.45, 2.75) is 6.17 Å². The number of fused-ring (bicyclic) bond motifs is 9. The first kappa shape index (κ1) is 31.6. The Kier molecular flexibility index (Phi) is 6.89. The fraction of sp³-hybridized carbons (Fsp3) is 0.0196. The zero-order valence-corrected chi connectivity index (χ0v) is 30.6. The fourth-order valence-electron chi connectivity index (χ4n) is 8.63. The van der Waals surface area contributed by atoms with Gasteiger partial charge in [-0.1, -0.05) is 140 Å². The van der Waals surface area contributed by atoms with E-state index in [1.54, 1.807) is 0 Å². The molecule has 1 unspecified atom stereocenters. The zero-order valence-electron chi connectivity index (χ0n) is 30.6. The minimum atomic E-state index is -0.415. The number of furan rings is 2. The molecule has 1 aliphatic heterocycles. The van der Waals surface area contributed by atoms with Crippen molar-refractivity contribution in [3.05, 3.63) is 199 Å². The zero-order chi connectivity index (χ0) is 37.5. The topological polar surface area (TPSA) is 68.0 Å². The van der Waals surface area contributed by atoms with Crippen LogP contribution in [0.1, 0.15) is 22.9 Å². The second-order valence-corrected chi connectivity index (χ2v) is 14.6. The van der Waals surface area contributed by atoms with Gasteiger partial charge < -0.3 is 18.7 Å². The normalized spacial score (nSPS) is 14.5. The highest BCUT2D eigenvalue weighted by Gasteiger charge is 2.25. The van der Waals surface area contributed by atoms with E-state index in [1.165, 1.54) is 21.8 Å². The number of amidine groups is 2. The van der Waals surface area contributed by atoms with Gasteiger partial charge in [-0.2, -0.15) is 0 Å². The summed E-state index contributed by atoms with van der Waals surface area (Å²) in [5, 5.41) is 10.3. The quantitative estimate of drug-likeness (QED) is 0.192. The van der Waals surface area contributed by atoms with Crippen LogP contribution in [0.2, 0.25) is 0 Å². The smallest absolute Gasteiger partial charge is 0.159 e. The van der Waals surface area contributed by atoms with Gasteiger partial charge in [0.2, 0.25) is 0 Å². The number of hydrogen-bond acceptors (Lipinski definition) is 5. The van der Waals surface area contributed by atoms with E-state index in [0.29, 0.717) is 5.84 Å². The molecule has 6 heteroatoms. The largest absolute Gasteiger partial charge is 0.456 e. The molecule has 0 spiro atoms. The van der Waals surface area contributed by atoms with E-state index in [-0.39, 0.29) is 0 Å². The molecule has 12 rings (SSSR count). The van der Waals surface area contributed by atoms with Gasteiger partial charge in [0.05, 0.1) is 11.0 Å². The second-order valence-electron chi connectivity index (χ2n) is 14.6. The molecule has 0 aliphatic carbocycles. The van der Waals surface area contributed by atoms with Gasteiger partial charge in [0, 0.05) is 66.3 Å². The summed E-state index contributed by atoms with van der Waals surface area (Å²) in [5.74, 6) is 1.45. The highest BCUT2D eigenvalue weighted by atomic mass is 16.3. The van der Waals surface area contributed by atoms with Crippen molar-refractivity contribution in [3.63, 3.8) is 0 Å².